The largest absolute Gasteiger partial charge is 0.496 e. The van der Waals surface area contributed by atoms with E-state index in [1.54, 1.807) is 6.07 Å². The molecule has 18 heavy (non-hydrogen) atoms. The van der Waals surface area contributed by atoms with Gasteiger partial charge in [-0.1, -0.05) is 13.8 Å². The summed E-state index contributed by atoms with van der Waals surface area (Å²) in [5, 5.41) is 18.5. The molecule has 0 aliphatic rings. The third-order valence-electron chi connectivity index (χ3n) is 2.73. The smallest absolute Gasteiger partial charge is 0.337 e. The first kappa shape index (κ1) is 14.3. The average molecular weight is 254 g/mol. The van der Waals surface area contributed by atoms with Crippen LogP contribution in [0.4, 0.5) is 0 Å². The van der Waals surface area contributed by atoms with E-state index in [-0.39, 0.29) is 11.5 Å². The maximum atomic E-state index is 10.8. The van der Waals surface area contributed by atoms with E-state index in [9.17, 15) is 9.90 Å². The van der Waals surface area contributed by atoms with Crippen molar-refractivity contribution in [3.63, 3.8) is 0 Å². The Morgan fingerprint density at radius 1 is 1.11 bits per heavy atom. The van der Waals surface area contributed by atoms with Crippen molar-refractivity contribution in [1.29, 1.82) is 0 Å². The molecule has 0 aromatic heterocycles. The molecule has 100 valence electrons. The molecule has 2 N–H and O–H groups in total. The molecule has 0 spiro atoms. The first-order chi connectivity index (χ1) is 8.42. The lowest BCUT2D eigenvalue weighted by atomic mass is 9.97. The van der Waals surface area contributed by atoms with E-state index in [0.717, 1.165) is 5.56 Å². The molecule has 5 nitrogen and oxygen atoms in total. The fourth-order valence-electron chi connectivity index (χ4n) is 1.74. The minimum atomic E-state index is -1.63. The van der Waals surface area contributed by atoms with Gasteiger partial charge in [-0.3, -0.25) is 0 Å². The van der Waals surface area contributed by atoms with Gasteiger partial charge in [0, 0.05) is 11.1 Å². The highest BCUT2D eigenvalue weighted by molar-refractivity contribution is 5.75. The van der Waals surface area contributed by atoms with E-state index in [0.29, 0.717) is 11.5 Å². The van der Waals surface area contributed by atoms with E-state index < -0.39 is 12.1 Å². The summed E-state index contributed by atoms with van der Waals surface area (Å²) in [4.78, 5) is 10.8. The summed E-state index contributed by atoms with van der Waals surface area (Å²) < 4.78 is 10.3. The SMILES string of the molecule is COc1cc(C(O)C(=O)O)c(OC)cc1C(C)C. The maximum absolute atomic E-state index is 10.8. The Balaban J connectivity index is 3.39. The van der Waals surface area contributed by atoms with Crippen LogP contribution >= 0.6 is 0 Å². The van der Waals surface area contributed by atoms with Crippen LogP contribution in [0.2, 0.25) is 0 Å². The van der Waals surface area contributed by atoms with Crippen molar-refractivity contribution in [3.8, 4) is 11.5 Å². The molecule has 5 heteroatoms. The average Bonchev–Trinajstić information content (AvgIpc) is 2.35. The fourth-order valence-corrected chi connectivity index (χ4v) is 1.74. The van der Waals surface area contributed by atoms with Crippen molar-refractivity contribution in [2.45, 2.75) is 25.9 Å². The predicted molar refractivity (Wildman–Crippen MR) is 66.2 cm³/mol. The zero-order chi connectivity index (χ0) is 13.9. The van der Waals surface area contributed by atoms with Crippen molar-refractivity contribution < 1.29 is 24.5 Å². The second kappa shape index (κ2) is 5.73. The Kier molecular flexibility index (Phi) is 4.55. The number of benzene rings is 1. The number of methoxy groups -OCH3 is 2. The zero-order valence-electron chi connectivity index (χ0n) is 10.9. The van der Waals surface area contributed by atoms with Crippen molar-refractivity contribution in [2.24, 2.45) is 0 Å². The Morgan fingerprint density at radius 2 is 1.56 bits per heavy atom. The van der Waals surface area contributed by atoms with E-state index in [1.165, 1.54) is 20.3 Å². The van der Waals surface area contributed by atoms with Gasteiger partial charge >= 0.3 is 5.97 Å². The van der Waals surface area contributed by atoms with Gasteiger partial charge in [-0.2, -0.15) is 0 Å². The van der Waals surface area contributed by atoms with Gasteiger partial charge < -0.3 is 19.7 Å². The Morgan fingerprint density at radius 3 is 1.94 bits per heavy atom. The zero-order valence-corrected chi connectivity index (χ0v) is 10.9. The number of aliphatic hydroxyl groups excluding tert-OH is 1. The first-order valence-corrected chi connectivity index (χ1v) is 5.59. The highest BCUT2D eigenvalue weighted by atomic mass is 16.5. The van der Waals surface area contributed by atoms with Crippen LogP contribution in [0.3, 0.4) is 0 Å². The molecule has 1 atom stereocenters. The summed E-state index contributed by atoms with van der Waals surface area (Å²) >= 11 is 0. The summed E-state index contributed by atoms with van der Waals surface area (Å²) in [6.45, 7) is 3.98. The second-order valence-electron chi connectivity index (χ2n) is 4.23. The quantitative estimate of drug-likeness (QED) is 0.839. The van der Waals surface area contributed by atoms with Gasteiger partial charge in [-0.15, -0.1) is 0 Å². The number of carboxylic acids is 1. The van der Waals surface area contributed by atoms with Crippen LogP contribution in [-0.4, -0.2) is 30.4 Å². The van der Waals surface area contributed by atoms with Gasteiger partial charge in [0.2, 0.25) is 0 Å². The molecule has 1 rings (SSSR count). The lowest BCUT2D eigenvalue weighted by molar-refractivity contribution is -0.147. The number of hydrogen-bond donors (Lipinski definition) is 2. The molecule has 1 aromatic rings. The number of rotatable bonds is 5. The minimum absolute atomic E-state index is 0.186. The summed E-state index contributed by atoms with van der Waals surface area (Å²) in [5.41, 5.74) is 1.09. The fraction of sp³-hybridized carbons (Fsp3) is 0.462. The molecule has 0 saturated heterocycles. The van der Waals surface area contributed by atoms with Gasteiger partial charge in [0.15, 0.2) is 6.10 Å². The summed E-state index contributed by atoms with van der Waals surface area (Å²) in [6.07, 6.45) is -1.63. The molecular formula is C13H18O5. The van der Waals surface area contributed by atoms with E-state index >= 15 is 0 Å². The van der Waals surface area contributed by atoms with Crippen molar-refractivity contribution in [2.75, 3.05) is 14.2 Å². The van der Waals surface area contributed by atoms with Crippen LogP contribution in [0.15, 0.2) is 12.1 Å². The minimum Gasteiger partial charge on any atom is -0.496 e. The maximum Gasteiger partial charge on any atom is 0.337 e. The normalized spacial score (nSPS) is 12.3. The molecule has 1 unspecified atom stereocenters. The molecule has 0 aliphatic heterocycles. The summed E-state index contributed by atoms with van der Waals surface area (Å²) in [7, 11) is 2.94. The van der Waals surface area contributed by atoms with E-state index in [4.69, 9.17) is 14.6 Å². The molecule has 0 fully saturated rings. The van der Waals surface area contributed by atoms with Gasteiger partial charge in [-0.05, 0) is 18.1 Å². The van der Waals surface area contributed by atoms with Crippen LogP contribution in [0, 0.1) is 0 Å². The van der Waals surface area contributed by atoms with Crippen molar-refractivity contribution in [3.05, 3.63) is 23.3 Å². The molecular weight excluding hydrogens is 236 g/mol. The number of aliphatic carboxylic acids is 1. The van der Waals surface area contributed by atoms with Crippen molar-refractivity contribution >= 4 is 5.97 Å². The first-order valence-electron chi connectivity index (χ1n) is 5.59. The lowest BCUT2D eigenvalue weighted by Crippen LogP contribution is -2.12. The number of aliphatic hydroxyl groups is 1. The van der Waals surface area contributed by atoms with Gasteiger partial charge in [0.25, 0.3) is 0 Å². The number of ether oxygens (including phenoxy) is 2. The van der Waals surface area contributed by atoms with E-state index in [1.807, 2.05) is 13.8 Å². The highest BCUT2D eigenvalue weighted by Gasteiger charge is 2.23. The Hall–Kier alpha value is -1.75. The summed E-state index contributed by atoms with van der Waals surface area (Å²) in [5.74, 6) is -0.243. The van der Waals surface area contributed by atoms with Crippen LogP contribution in [0.5, 0.6) is 11.5 Å². The highest BCUT2D eigenvalue weighted by Crippen LogP contribution is 2.36. The number of carboxylic acid groups (broad SMARTS) is 1. The monoisotopic (exact) mass is 254 g/mol. The second-order valence-corrected chi connectivity index (χ2v) is 4.23. The molecule has 1 aromatic carbocycles. The number of hydrogen-bond acceptors (Lipinski definition) is 4. The molecule has 0 bridgehead atoms. The molecule has 0 saturated carbocycles. The third kappa shape index (κ3) is 2.73. The van der Waals surface area contributed by atoms with Gasteiger partial charge in [-0.25, -0.2) is 4.79 Å². The number of carbonyl (C=O) groups is 1. The molecule has 0 radical (unpaired) electrons. The lowest BCUT2D eigenvalue weighted by Gasteiger charge is -2.18. The van der Waals surface area contributed by atoms with Gasteiger partial charge in [0.1, 0.15) is 11.5 Å². The van der Waals surface area contributed by atoms with Crippen LogP contribution in [0.1, 0.15) is 37.0 Å². The Bertz CT molecular complexity index is 439. The predicted octanol–water partition coefficient (Wildman–Crippen LogP) is 1.95. The van der Waals surface area contributed by atoms with Crippen molar-refractivity contribution in [1.82, 2.24) is 0 Å². The van der Waals surface area contributed by atoms with E-state index in [2.05, 4.69) is 0 Å². The third-order valence-corrected chi connectivity index (χ3v) is 2.73. The molecule has 0 heterocycles. The molecule has 0 amide bonds. The Labute approximate surface area is 106 Å². The molecule has 0 aliphatic carbocycles. The van der Waals surface area contributed by atoms with Gasteiger partial charge in [0.05, 0.1) is 14.2 Å². The van der Waals surface area contributed by atoms with Crippen LogP contribution in [0.25, 0.3) is 0 Å². The van der Waals surface area contributed by atoms with Crippen LogP contribution in [-0.2, 0) is 4.79 Å². The topological polar surface area (TPSA) is 76.0 Å². The summed E-state index contributed by atoms with van der Waals surface area (Å²) in [6, 6.07) is 3.21. The van der Waals surface area contributed by atoms with Crippen LogP contribution < -0.4 is 9.47 Å². The standard InChI is InChI=1S/C13H18O5/c1-7(2)8-5-11(18-4)9(6-10(8)17-3)12(14)13(15)16/h5-7,12,14H,1-4H3,(H,15,16).